The Morgan fingerprint density at radius 1 is 1.21 bits per heavy atom. The molecule has 5 nitrogen and oxygen atoms in total. The second-order valence-corrected chi connectivity index (χ2v) is 5.94. The zero-order valence-electron chi connectivity index (χ0n) is 11.2. The van der Waals surface area contributed by atoms with Gasteiger partial charge >= 0.3 is 5.97 Å². The Morgan fingerprint density at radius 2 is 1.84 bits per heavy atom. The van der Waals surface area contributed by atoms with E-state index in [9.17, 15) is 13.2 Å². The van der Waals surface area contributed by atoms with Crippen LogP contribution < -0.4 is 4.72 Å². The van der Waals surface area contributed by atoms with Gasteiger partial charge in [-0.2, -0.15) is 0 Å². The van der Waals surface area contributed by atoms with Crippen LogP contribution in [0.5, 0.6) is 0 Å². The molecule has 1 rings (SSSR count). The Kier molecular flexibility index (Phi) is 5.82. The van der Waals surface area contributed by atoms with Gasteiger partial charge in [-0.05, 0) is 31.0 Å². The molecule has 1 N–H and O–H groups in total. The van der Waals surface area contributed by atoms with Crippen molar-refractivity contribution in [3.05, 3.63) is 29.8 Å². The molecule has 0 bridgehead atoms. The Balaban J connectivity index is 2.64. The summed E-state index contributed by atoms with van der Waals surface area (Å²) in [5, 5.41) is 0. The van der Waals surface area contributed by atoms with Gasteiger partial charge in [-0.1, -0.05) is 19.1 Å². The van der Waals surface area contributed by atoms with Crippen LogP contribution in [0.2, 0.25) is 0 Å². The molecule has 1 aromatic rings. The summed E-state index contributed by atoms with van der Waals surface area (Å²) in [6.07, 6.45) is 0.756. The van der Waals surface area contributed by atoms with Gasteiger partial charge in [0.2, 0.25) is 10.0 Å². The second-order valence-electron chi connectivity index (χ2n) is 4.10. The molecule has 0 fully saturated rings. The number of carbonyl (C=O) groups excluding carboxylic acids is 1. The minimum Gasteiger partial charge on any atom is -0.466 e. The molecule has 0 heterocycles. The summed E-state index contributed by atoms with van der Waals surface area (Å²) in [5.41, 5.74) is 1.29. The topological polar surface area (TPSA) is 72.5 Å². The van der Waals surface area contributed by atoms with E-state index in [1.165, 1.54) is 0 Å². The van der Waals surface area contributed by atoms with Crippen LogP contribution in [0.15, 0.2) is 24.3 Å². The van der Waals surface area contributed by atoms with Gasteiger partial charge in [0.15, 0.2) is 0 Å². The van der Waals surface area contributed by atoms with E-state index >= 15 is 0 Å². The summed E-state index contributed by atoms with van der Waals surface area (Å²) in [6.45, 7) is 3.92. The van der Waals surface area contributed by atoms with E-state index in [0.717, 1.165) is 5.56 Å². The molecule has 0 amide bonds. The molecule has 0 atom stereocenters. The van der Waals surface area contributed by atoms with Crippen LogP contribution in [0, 0.1) is 0 Å². The first-order valence-electron chi connectivity index (χ1n) is 6.22. The fraction of sp³-hybridized carbons (Fsp3) is 0.462. The lowest BCUT2D eigenvalue weighted by Gasteiger charge is -2.07. The molecule has 1 aromatic carbocycles. The third-order valence-electron chi connectivity index (χ3n) is 2.35. The number of ether oxygens (including phenoxy) is 1. The molecule has 0 unspecified atom stereocenters. The monoisotopic (exact) mass is 285 g/mol. The van der Waals surface area contributed by atoms with Crippen LogP contribution in [0.1, 0.15) is 25.8 Å². The van der Waals surface area contributed by atoms with Gasteiger partial charge in [-0.25, -0.2) is 8.42 Å². The largest absolute Gasteiger partial charge is 0.466 e. The van der Waals surface area contributed by atoms with Gasteiger partial charge in [-0.3, -0.25) is 9.52 Å². The van der Waals surface area contributed by atoms with Crippen molar-refractivity contribution in [2.24, 2.45) is 0 Å². The van der Waals surface area contributed by atoms with E-state index in [1.54, 1.807) is 31.2 Å². The van der Waals surface area contributed by atoms with Crippen LogP contribution >= 0.6 is 0 Å². The number of benzene rings is 1. The van der Waals surface area contributed by atoms with Crippen molar-refractivity contribution >= 4 is 21.7 Å². The second kappa shape index (κ2) is 7.13. The van der Waals surface area contributed by atoms with Gasteiger partial charge < -0.3 is 4.74 Å². The first kappa shape index (κ1) is 15.5. The van der Waals surface area contributed by atoms with Crippen LogP contribution in [-0.4, -0.2) is 26.7 Å². The molecule has 0 saturated heterocycles. The molecule has 0 aliphatic carbocycles. The van der Waals surface area contributed by atoms with Crippen LogP contribution in [0.4, 0.5) is 5.69 Å². The van der Waals surface area contributed by atoms with E-state index in [0.29, 0.717) is 18.7 Å². The standard InChI is InChI=1S/C13H19NO4S/c1-3-9-19(16,17)14-12-7-5-11(6-8-12)10-13(15)18-4-2/h5-8,14H,3-4,9-10H2,1-2H3. The number of carbonyl (C=O) groups is 1. The fourth-order valence-electron chi connectivity index (χ4n) is 1.57. The van der Waals surface area contributed by atoms with Gasteiger partial charge in [-0.15, -0.1) is 0 Å². The average Bonchev–Trinajstić information content (AvgIpc) is 2.31. The van der Waals surface area contributed by atoms with Gasteiger partial charge in [0.1, 0.15) is 0 Å². The van der Waals surface area contributed by atoms with Crippen LogP contribution in [0.3, 0.4) is 0 Å². The Hall–Kier alpha value is -1.56. The predicted octanol–water partition coefficient (Wildman–Crippen LogP) is 1.94. The quantitative estimate of drug-likeness (QED) is 0.777. The first-order chi connectivity index (χ1) is 8.96. The summed E-state index contributed by atoms with van der Waals surface area (Å²) in [5.74, 6) is -0.195. The van der Waals surface area contributed by atoms with Crippen molar-refractivity contribution in [3.63, 3.8) is 0 Å². The van der Waals surface area contributed by atoms with Crippen molar-refractivity contribution < 1.29 is 17.9 Å². The van der Waals surface area contributed by atoms with E-state index < -0.39 is 10.0 Å². The third kappa shape index (κ3) is 5.74. The van der Waals surface area contributed by atoms with Crippen LogP contribution in [0.25, 0.3) is 0 Å². The summed E-state index contributed by atoms with van der Waals surface area (Å²) in [6, 6.07) is 6.70. The minimum absolute atomic E-state index is 0.0948. The third-order valence-corrected chi connectivity index (χ3v) is 3.85. The molecular formula is C13H19NO4S. The van der Waals surface area contributed by atoms with Crippen molar-refractivity contribution in [1.82, 2.24) is 0 Å². The highest BCUT2D eigenvalue weighted by Crippen LogP contribution is 2.12. The minimum atomic E-state index is -3.27. The fourth-order valence-corrected chi connectivity index (χ4v) is 2.70. The molecular weight excluding hydrogens is 266 g/mol. The highest BCUT2D eigenvalue weighted by molar-refractivity contribution is 7.92. The van der Waals surface area contributed by atoms with E-state index in [-0.39, 0.29) is 18.1 Å². The normalized spacial score (nSPS) is 11.1. The van der Waals surface area contributed by atoms with E-state index in [2.05, 4.69) is 4.72 Å². The Labute approximate surface area is 114 Å². The lowest BCUT2D eigenvalue weighted by Crippen LogP contribution is -2.16. The molecule has 6 heteroatoms. The number of hydrogen-bond acceptors (Lipinski definition) is 4. The smallest absolute Gasteiger partial charge is 0.310 e. The molecule has 0 aliphatic rings. The predicted molar refractivity (Wildman–Crippen MR) is 74.5 cm³/mol. The summed E-state index contributed by atoms with van der Waals surface area (Å²) < 4.78 is 30.4. The SMILES string of the molecule is CCCS(=O)(=O)Nc1ccc(CC(=O)OCC)cc1. The molecule has 0 aliphatic heterocycles. The van der Waals surface area contributed by atoms with Crippen LogP contribution in [-0.2, 0) is 26.0 Å². The van der Waals surface area contributed by atoms with Crippen molar-refractivity contribution in [2.45, 2.75) is 26.7 Å². The number of anilines is 1. The summed E-state index contributed by atoms with van der Waals surface area (Å²) in [7, 11) is -3.27. The maximum Gasteiger partial charge on any atom is 0.310 e. The molecule has 0 saturated carbocycles. The first-order valence-corrected chi connectivity index (χ1v) is 7.87. The van der Waals surface area contributed by atoms with E-state index in [1.807, 2.05) is 6.92 Å². The zero-order valence-corrected chi connectivity index (χ0v) is 12.0. The molecule has 0 aromatic heterocycles. The highest BCUT2D eigenvalue weighted by Gasteiger charge is 2.09. The molecule has 0 spiro atoms. The van der Waals surface area contributed by atoms with Crippen molar-refractivity contribution in [1.29, 1.82) is 0 Å². The number of esters is 1. The molecule has 106 valence electrons. The van der Waals surface area contributed by atoms with Crippen molar-refractivity contribution in [3.8, 4) is 0 Å². The number of nitrogens with one attached hydrogen (secondary N) is 1. The Morgan fingerprint density at radius 3 is 2.37 bits per heavy atom. The average molecular weight is 285 g/mol. The maximum atomic E-state index is 11.6. The number of sulfonamides is 1. The lowest BCUT2D eigenvalue weighted by molar-refractivity contribution is -0.142. The van der Waals surface area contributed by atoms with Gasteiger partial charge in [0, 0.05) is 5.69 Å². The summed E-state index contributed by atoms with van der Waals surface area (Å²) in [4.78, 5) is 11.3. The number of rotatable bonds is 7. The van der Waals surface area contributed by atoms with Gasteiger partial charge in [0.05, 0.1) is 18.8 Å². The summed E-state index contributed by atoms with van der Waals surface area (Å²) >= 11 is 0. The number of hydrogen-bond donors (Lipinski definition) is 1. The highest BCUT2D eigenvalue weighted by atomic mass is 32.2. The zero-order chi connectivity index (χ0) is 14.3. The maximum absolute atomic E-state index is 11.6. The molecule has 19 heavy (non-hydrogen) atoms. The van der Waals surface area contributed by atoms with Crippen molar-refractivity contribution in [2.75, 3.05) is 17.1 Å². The molecule has 0 radical (unpaired) electrons. The van der Waals surface area contributed by atoms with E-state index in [4.69, 9.17) is 4.74 Å². The van der Waals surface area contributed by atoms with Gasteiger partial charge in [0.25, 0.3) is 0 Å². The Bertz CT molecular complexity index is 508. The lowest BCUT2D eigenvalue weighted by atomic mass is 10.1.